The second-order valence-corrected chi connectivity index (χ2v) is 8.84. The van der Waals surface area contributed by atoms with Crippen molar-refractivity contribution >= 4 is 11.8 Å². The fraction of sp³-hybridized carbons (Fsp3) is 0.440. The van der Waals surface area contributed by atoms with Crippen molar-refractivity contribution in [2.45, 2.75) is 37.7 Å². The molecule has 6 heteroatoms. The summed E-state index contributed by atoms with van der Waals surface area (Å²) >= 11 is 0. The molecular weight excluding hydrogens is 395 g/mol. The molecule has 2 aromatic carbocycles. The first-order valence-corrected chi connectivity index (χ1v) is 10.8. The number of amides is 2. The molecule has 0 bridgehead atoms. The summed E-state index contributed by atoms with van der Waals surface area (Å²) in [4.78, 5) is 27.6. The molecule has 2 aliphatic heterocycles. The summed E-state index contributed by atoms with van der Waals surface area (Å²) in [5, 5.41) is 2.97. The number of hydrogen-bond donors (Lipinski definition) is 1. The van der Waals surface area contributed by atoms with E-state index in [1.807, 2.05) is 54.3 Å². The highest BCUT2D eigenvalue weighted by Crippen LogP contribution is 2.49. The highest BCUT2D eigenvalue weighted by atomic mass is 19.1. The van der Waals surface area contributed by atoms with Gasteiger partial charge in [0.1, 0.15) is 5.82 Å². The Balaban J connectivity index is 1.54. The number of carbonyl (C=O) groups excluding carboxylic acids is 2. The quantitative estimate of drug-likeness (QED) is 0.816. The van der Waals surface area contributed by atoms with Crippen LogP contribution >= 0.6 is 0 Å². The maximum atomic E-state index is 13.5. The zero-order chi connectivity index (χ0) is 22.1. The van der Waals surface area contributed by atoms with E-state index in [4.69, 9.17) is 4.74 Å². The van der Waals surface area contributed by atoms with Crippen molar-refractivity contribution in [2.75, 3.05) is 26.7 Å². The van der Waals surface area contributed by atoms with Crippen LogP contribution in [-0.4, -0.2) is 43.5 Å². The van der Waals surface area contributed by atoms with Crippen LogP contribution in [0.2, 0.25) is 0 Å². The predicted octanol–water partition coefficient (Wildman–Crippen LogP) is 3.60. The van der Waals surface area contributed by atoms with Crippen LogP contribution in [0.1, 0.15) is 43.2 Å². The van der Waals surface area contributed by atoms with Gasteiger partial charge in [0.05, 0.1) is 0 Å². The largest absolute Gasteiger partial charge is 0.364 e. The molecule has 1 N–H and O–H groups in total. The first kappa shape index (κ1) is 21.5. The fourth-order valence-corrected chi connectivity index (χ4v) is 5.17. The van der Waals surface area contributed by atoms with Crippen molar-refractivity contribution in [3.8, 4) is 0 Å². The minimum Gasteiger partial charge on any atom is -0.364 e. The van der Waals surface area contributed by atoms with Crippen LogP contribution in [0.3, 0.4) is 0 Å². The van der Waals surface area contributed by atoms with Gasteiger partial charge in [0.15, 0.2) is 5.60 Å². The number of hydrogen-bond acceptors (Lipinski definition) is 3. The minimum atomic E-state index is -1.05. The van der Waals surface area contributed by atoms with Crippen LogP contribution in [0.5, 0.6) is 0 Å². The van der Waals surface area contributed by atoms with Crippen molar-refractivity contribution < 1.29 is 18.7 Å². The SMILES string of the molecule is CO[C@@](C)(C(=O)N1CCC2(CC1)CC(=O)NC[C@H]2c1ccc(F)cc1)c1ccccc1. The van der Waals surface area contributed by atoms with Gasteiger partial charge in [-0.2, -0.15) is 0 Å². The van der Waals surface area contributed by atoms with Crippen molar-refractivity contribution in [3.05, 3.63) is 71.5 Å². The number of nitrogens with one attached hydrogen (secondary N) is 1. The Labute approximate surface area is 182 Å². The Hall–Kier alpha value is -2.73. The van der Waals surface area contributed by atoms with E-state index in [1.54, 1.807) is 7.11 Å². The highest BCUT2D eigenvalue weighted by molar-refractivity contribution is 5.86. The van der Waals surface area contributed by atoms with Crippen LogP contribution in [0.15, 0.2) is 54.6 Å². The third kappa shape index (κ3) is 3.97. The zero-order valence-corrected chi connectivity index (χ0v) is 18.1. The lowest BCUT2D eigenvalue weighted by Crippen LogP contribution is -2.55. The molecule has 1 spiro atoms. The lowest BCUT2D eigenvalue weighted by molar-refractivity contribution is -0.157. The molecule has 2 saturated heterocycles. The highest BCUT2D eigenvalue weighted by Gasteiger charge is 2.48. The Morgan fingerprint density at radius 3 is 2.39 bits per heavy atom. The first-order valence-electron chi connectivity index (χ1n) is 10.8. The van der Waals surface area contributed by atoms with Gasteiger partial charge in [-0.05, 0) is 48.4 Å². The van der Waals surface area contributed by atoms with E-state index in [0.717, 1.165) is 24.0 Å². The van der Waals surface area contributed by atoms with Gasteiger partial charge in [0.25, 0.3) is 5.91 Å². The molecule has 2 aliphatic rings. The van der Waals surface area contributed by atoms with Gasteiger partial charge in [-0.15, -0.1) is 0 Å². The van der Waals surface area contributed by atoms with E-state index in [2.05, 4.69) is 5.32 Å². The maximum Gasteiger partial charge on any atom is 0.259 e. The van der Waals surface area contributed by atoms with Crippen LogP contribution in [0, 0.1) is 11.2 Å². The summed E-state index contributed by atoms with van der Waals surface area (Å²) in [5.74, 6) is -0.178. The van der Waals surface area contributed by atoms with Crippen molar-refractivity contribution in [3.63, 3.8) is 0 Å². The van der Waals surface area contributed by atoms with E-state index >= 15 is 0 Å². The molecule has 2 aromatic rings. The van der Waals surface area contributed by atoms with Crippen LogP contribution < -0.4 is 5.32 Å². The summed E-state index contributed by atoms with van der Waals surface area (Å²) in [6.07, 6.45) is 1.88. The molecule has 0 aliphatic carbocycles. The third-order valence-corrected chi connectivity index (χ3v) is 7.21. The number of methoxy groups -OCH3 is 1. The lowest BCUT2D eigenvalue weighted by Gasteiger charge is -2.50. The normalized spacial score (nSPS) is 22.6. The Kier molecular flexibility index (Phi) is 5.84. The number of halogens is 1. The molecule has 0 aromatic heterocycles. The number of ether oxygens (including phenoxy) is 1. The molecule has 4 rings (SSSR count). The van der Waals surface area contributed by atoms with Crippen molar-refractivity contribution in [1.29, 1.82) is 0 Å². The molecule has 164 valence electrons. The standard InChI is InChI=1S/C25H29FN2O3/c1-24(31-2,19-6-4-3-5-7-19)23(30)28-14-12-25(13-15-28)16-22(29)27-17-21(25)18-8-10-20(26)11-9-18/h3-11,21H,12-17H2,1-2H3,(H,27,29)/t21-,24+/m0/s1. The molecule has 2 atom stereocenters. The van der Waals surface area contributed by atoms with Gasteiger partial charge in [0.2, 0.25) is 5.91 Å². The molecule has 2 fully saturated rings. The molecular formula is C25H29FN2O3. The fourth-order valence-electron chi connectivity index (χ4n) is 5.17. The summed E-state index contributed by atoms with van der Waals surface area (Å²) in [5.41, 5.74) is 0.579. The van der Waals surface area contributed by atoms with E-state index in [-0.39, 0.29) is 29.0 Å². The Bertz CT molecular complexity index is 939. The molecule has 2 heterocycles. The summed E-state index contributed by atoms with van der Waals surface area (Å²) < 4.78 is 19.2. The minimum absolute atomic E-state index is 0.0455. The van der Waals surface area contributed by atoms with Gasteiger partial charge in [-0.25, -0.2) is 4.39 Å². The second-order valence-electron chi connectivity index (χ2n) is 8.84. The summed E-state index contributed by atoms with van der Waals surface area (Å²) in [6, 6.07) is 16.1. The van der Waals surface area contributed by atoms with E-state index in [1.165, 1.54) is 12.1 Å². The van der Waals surface area contributed by atoms with E-state index in [9.17, 15) is 14.0 Å². The molecule has 5 nitrogen and oxygen atoms in total. The van der Waals surface area contributed by atoms with Gasteiger partial charge >= 0.3 is 0 Å². The average molecular weight is 425 g/mol. The van der Waals surface area contributed by atoms with E-state index in [0.29, 0.717) is 26.1 Å². The van der Waals surface area contributed by atoms with Gasteiger partial charge < -0.3 is 15.0 Å². The number of nitrogens with zero attached hydrogens (tertiary/aromatic N) is 1. The van der Waals surface area contributed by atoms with Crippen LogP contribution in [0.4, 0.5) is 4.39 Å². The van der Waals surface area contributed by atoms with Crippen LogP contribution in [0.25, 0.3) is 0 Å². The van der Waals surface area contributed by atoms with Gasteiger partial charge in [0, 0.05) is 39.1 Å². The van der Waals surface area contributed by atoms with Crippen molar-refractivity contribution in [2.24, 2.45) is 5.41 Å². The molecule has 31 heavy (non-hydrogen) atoms. The monoisotopic (exact) mass is 424 g/mol. The molecule has 0 saturated carbocycles. The number of rotatable bonds is 4. The maximum absolute atomic E-state index is 13.5. The smallest absolute Gasteiger partial charge is 0.259 e. The Morgan fingerprint density at radius 1 is 1.13 bits per heavy atom. The van der Waals surface area contributed by atoms with Gasteiger partial charge in [-0.1, -0.05) is 42.5 Å². The number of likely N-dealkylation sites (tertiary alicyclic amines) is 1. The zero-order valence-electron chi connectivity index (χ0n) is 18.1. The van der Waals surface area contributed by atoms with Crippen LogP contribution in [-0.2, 0) is 19.9 Å². The topological polar surface area (TPSA) is 58.6 Å². The lowest BCUT2D eigenvalue weighted by atomic mass is 9.62. The number of piperidine rings is 2. The Morgan fingerprint density at radius 2 is 1.77 bits per heavy atom. The number of benzene rings is 2. The second kappa shape index (κ2) is 8.42. The predicted molar refractivity (Wildman–Crippen MR) is 116 cm³/mol. The summed E-state index contributed by atoms with van der Waals surface area (Å²) in [6.45, 7) is 3.48. The summed E-state index contributed by atoms with van der Waals surface area (Å²) in [7, 11) is 1.56. The van der Waals surface area contributed by atoms with Gasteiger partial charge in [-0.3, -0.25) is 9.59 Å². The van der Waals surface area contributed by atoms with E-state index < -0.39 is 5.60 Å². The van der Waals surface area contributed by atoms with Crippen molar-refractivity contribution in [1.82, 2.24) is 10.2 Å². The average Bonchev–Trinajstić information content (AvgIpc) is 2.80. The molecule has 2 amide bonds. The number of carbonyl (C=O) groups is 2. The molecule has 0 unspecified atom stereocenters. The third-order valence-electron chi connectivity index (χ3n) is 7.21. The first-order chi connectivity index (χ1) is 14.9. The molecule has 0 radical (unpaired) electrons.